The molecule has 0 unspecified atom stereocenters. The number of aliphatic hydroxyl groups excluding tert-OH is 1. The summed E-state index contributed by atoms with van der Waals surface area (Å²) in [6, 6.07) is 0. The van der Waals surface area contributed by atoms with Gasteiger partial charge in [0.1, 0.15) is 0 Å². The van der Waals surface area contributed by atoms with Crippen molar-refractivity contribution in [1.82, 2.24) is 0 Å². The van der Waals surface area contributed by atoms with E-state index in [2.05, 4.69) is 0 Å². The molecule has 0 heterocycles. The first-order valence-corrected chi connectivity index (χ1v) is 3.20. The lowest BCUT2D eigenvalue weighted by Gasteiger charge is -1.71. The number of carboxylic acids is 1. The largest absolute Gasteiger partial charge is 0.481 e. The maximum atomic E-state index is 9.00. The van der Waals surface area contributed by atoms with Crippen LogP contribution >= 0.6 is 11.6 Å². The molecular formula is C6H11ClO3. The Morgan fingerprint density at radius 1 is 1.60 bits per heavy atom. The second-order valence-electron chi connectivity index (χ2n) is 1.33. The molecule has 60 valence electrons. The lowest BCUT2D eigenvalue weighted by atomic mass is 10.6. The van der Waals surface area contributed by atoms with Gasteiger partial charge in [-0.2, -0.15) is 0 Å². The van der Waals surface area contributed by atoms with Crippen LogP contribution in [-0.4, -0.2) is 28.7 Å². The first-order valence-electron chi connectivity index (χ1n) is 2.66. The van der Waals surface area contributed by atoms with Gasteiger partial charge < -0.3 is 10.2 Å². The maximum absolute atomic E-state index is 9.00. The smallest absolute Gasteiger partial charge is 0.300 e. The zero-order valence-corrected chi connectivity index (χ0v) is 6.51. The van der Waals surface area contributed by atoms with Gasteiger partial charge in [0.2, 0.25) is 0 Å². The molecule has 0 saturated carbocycles. The first kappa shape index (κ1) is 12.2. The average Bonchev–Trinajstić information content (AvgIpc) is 1.82. The fourth-order valence-electron chi connectivity index (χ4n) is 0.138. The number of rotatable bonds is 2. The number of aliphatic carboxylic acids is 1. The highest BCUT2D eigenvalue weighted by molar-refractivity contribution is 6.18. The van der Waals surface area contributed by atoms with Crippen LogP contribution in [0.1, 0.15) is 6.92 Å². The van der Waals surface area contributed by atoms with E-state index in [1.807, 2.05) is 0 Å². The molecule has 0 saturated heterocycles. The number of allylic oxidation sites excluding steroid dienone is 1. The van der Waals surface area contributed by atoms with Crippen molar-refractivity contribution < 1.29 is 15.0 Å². The molecule has 4 heteroatoms. The predicted molar refractivity (Wildman–Crippen MR) is 40.3 cm³/mol. The van der Waals surface area contributed by atoms with Crippen molar-refractivity contribution in [2.45, 2.75) is 6.92 Å². The summed E-state index contributed by atoms with van der Waals surface area (Å²) in [5.74, 6) is -0.347. The second-order valence-corrected chi connectivity index (χ2v) is 1.64. The van der Waals surface area contributed by atoms with Crippen molar-refractivity contribution in [2.75, 3.05) is 12.5 Å². The molecule has 0 radical (unpaired) electrons. The van der Waals surface area contributed by atoms with Crippen LogP contribution in [0.3, 0.4) is 0 Å². The highest BCUT2D eigenvalue weighted by Crippen LogP contribution is 1.74. The Labute approximate surface area is 64.9 Å². The van der Waals surface area contributed by atoms with Crippen molar-refractivity contribution in [1.29, 1.82) is 0 Å². The number of carbonyl (C=O) groups is 1. The monoisotopic (exact) mass is 166 g/mol. The van der Waals surface area contributed by atoms with Crippen LogP contribution in [0.25, 0.3) is 0 Å². The van der Waals surface area contributed by atoms with Gasteiger partial charge in [0.15, 0.2) is 0 Å². The molecule has 0 fully saturated rings. The molecule has 0 amide bonds. The van der Waals surface area contributed by atoms with Crippen molar-refractivity contribution in [3.63, 3.8) is 0 Å². The van der Waals surface area contributed by atoms with E-state index in [-0.39, 0.29) is 6.61 Å². The molecule has 0 aromatic heterocycles. The minimum atomic E-state index is -0.833. The number of halogens is 1. The zero-order valence-electron chi connectivity index (χ0n) is 5.75. The molecule has 0 bridgehead atoms. The van der Waals surface area contributed by atoms with E-state index in [0.717, 1.165) is 6.92 Å². The average molecular weight is 167 g/mol. The lowest BCUT2D eigenvalue weighted by molar-refractivity contribution is -0.134. The lowest BCUT2D eigenvalue weighted by Crippen LogP contribution is -1.78. The third-order valence-electron chi connectivity index (χ3n) is 0.361. The Kier molecular flexibility index (Phi) is 13.7. The van der Waals surface area contributed by atoms with Crippen LogP contribution in [0.2, 0.25) is 0 Å². The topological polar surface area (TPSA) is 57.5 Å². The van der Waals surface area contributed by atoms with Gasteiger partial charge in [-0.1, -0.05) is 12.2 Å². The predicted octanol–water partition coefficient (Wildman–Crippen LogP) is 0.865. The summed E-state index contributed by atoms with van der Waals surface area (Å²) in [6.07, 6.45) is 3.30. The standard InChI is InChI=1S/C4H7ClO.C2H4O2/c5-3-1-2-4-6;1-2(3)4/h1-2,6H,3-4H2;1H3,(H,3,4). The van der Waals surface area contributed by atoms with E-state index < -0.39 is 5.97 Å². The van der Waals surface area contributed by atoms with Crippen LogP contribution in [0.15, 0.2) is 12.2 Å². The van der Waals surface area contributed by atoms with Crippen LogP contribution in [0, 0.1) is 0 Å². The number of hydrogen-bond donors (Lipinski definition) is 2. The van der Waals surface area contributed by atoms with E-state index in [4.69, 9.17) is 26.6 Å². The highest BCUT2D eigenvalue weighted by Gasteiger charge is 1.65. The molecule has 0 aliphatic rings. The molecule has 0 aromatic carbocycles. The van der Waals surface area contributed by atoms with Gasteiger partial charge in [-0.3, -0.25) is 4.79 Å². The molecule has 0 aromatic rings. The van der Waals surface area contributed by atoms with Gasteiger partial charge in [0.05, 0.1) is 6.61 Å². The first-order chi connectivity index (χ1) is 4.65. The van der Waals surface area contributed by atoms with Crippen LogP contribution < -0.4 is 0 Å². The number of carboxylic acid groups (broad SMARTS) is 1. The van der Waals surface area contributed by atoms with Crippen molar-refractivity contribution >= 4 is 17.6 Å². The van der Waals surface area contributed by atoms with Crippen LogP contribution in [0.4, 0.5) is 0 Å². The Morgan fingerprint density at radius 2 is 2.00 bits per heavy atom. The van der Waals surface area contributed by atoms with Gasteiger partial charge in [-0.05, 0) is 0 Å². The Morgan fingerprint density at radius 3 is 2.10 bits per heavy atom. The van der Waals surface area contributed by atoms with E-state index >= 15 is 0 Å². The maximum Gasteiger partial charge on any atom is 0.300 e. The van der Waals surface area contributed by atoms with E-state index in [1.165, 1.54) is 0 Å². The summed E-state index contributed by atoms with van der Waals surface area (Å²) in [5.41, 5.74) is 0. The number of aliphatic hydroxyl groups is 1. The molecule has 0 aliphatic carbocycles. The molecule has 0 rings (SSSR count). The zero-order chi connectivity index (χ0) is 8.41. The van der Waals surface area contributed by atoms with E-state index in [1.54, 1.807) is 12.2 Å². The molecule has 3 nitrogen and oxygen atoms in total. The molecule has 0 aliphatic heterocycles. The number of hydrogen-bond acceptors (Lipinski definition) is 2. The number of alkyl halides is 1. The second kappa shape index (κ2) is 11.3. The van der Waals surface area contributed by atoms with Gasteiger partial charge in [0, 0.05) is 12.8 Å². The minimum absolute atomic E-state index is 0.0900. The summed E-state index contributed by atoms with van der Waals surface area (Å²) in [4.78, 5) is 9.00. The van der Waals surface area contributed by atoms with Gasteiger partial charge in [-0.25, -0.2) is 0 Å². The normalized spacial score (nSPS) is 8.70. The van der Waals surface area contributed by atoms with Crippen molar-refractivity contribution in [3.8, 4) is 0 Å². The third kappa shape index (κ3) is 51.4. The molecule has 2 N–H and O–H groups in total. The van der Waals surface area contributed by atoms with Crippen molar-refractivity contribution in [2.24, 2.45) is 0 Å². The van der Waals surface area contributed by atoms with Gasteiger partial charge in [-0.15, -0.1) is 11.6 Å². The van der Waals surface area contributed by atoms with Gasteiger partial charge >= 0.3 is 0 Å². The molecule has 0 spiro atoms. The van der Waals surface area contributed by atoms with E-state index in [0.29, 0.717) is 5.88 Å². The van der Waals surface area contributed by atoms with Crippen molar-refractivity contribution in [3.05, 3.63) is 12.2 Å². The SMILES string of the molecule is CC(=O)O.OCC=CCCl. The fourth-order valence-corrected chi connectivity index (χ4v) is 0.264. The molecule has 0 atom stereocenters. The quantitative estimate of drug-likeness (QED) is 0.473. The summed E-state index contributed by atoms with van der Waals surface area (Å²) >= 11 is 5.18. The highest BCUT2D eigenvalue weighted by atomic mass is 35.5. The summed E-state index contributed by atoms with van der Waals surface area (Å²) in [7, 11) is 0. The minimum Gasteiger partial charge on any atom is -0.481 e. The molecular weight excluding hydrogens is 156 g/mol. The van der Waals surface area contributed by atoms with Crippen LogP contribution in [0.5, 0.6) is 0 Å². The third-order valence-corrected chi connectivity index (χ3v) is 0.539. The summed E-state index contributed by atoms with van der Waals surface area (Å²) in [6.45, 7) is 1.17. The Hall–Kier alpha value is -0.540. The Balaban J connectivity index is 0. The van der Waals surface area contributed by atoms with Gasteiger partial charge in [0.25, 0.3) is 5.97 Å². The van der Waals surface area contributed by atoms with E-state index in [9.17, 15) is 0 Å². The Bertz CT molecular complexity index is 91.2. The molecule has 10 heavy (non-hydrogen) atoms. The summed E-state index contributed by atoms with van der Waals surface area (Å²) < 4.78 is 0. The van der Waals surface area contributed by atoms with Crippen LogP contribution in [-0.2, 0) is 4.79 Å². The fraction of sp³-hybridized carbons (Fsp3) is 0.500. The summed E-state index contributed by atoms with van der Waals surface area (Å²) in [5, 5.41) is 15.5.